The third-order valence-corrected chi connectivity index (χ3v) is 9.89. The highest BCUT2D eigenvalue weighted by molar-refractivity contribution is 14.1. The molecular formula is C32H36BIN2O8. The molecule has 0 spiro atoms. The van der Waals surface area contributed by atoms with Crippen molar-refractivity contribution in [2.75, 3.05) is 12.0 Å². The standard InChI is InChI=1S/C32H36BIN2O8/c1-5-18(11-19-12-25(34)30(37)27(13-19)43-4)9-10-26-28-22(17(2)3)15-23-29(24(28)16-33(40)44-26)32(39)35(31(23)38)20-7-6-8-21(14-20)36(41)42/h6-8,11-14,17,23-24,26,29,37,40H,5,9-10,15-16H2,1-4H3/b18-11+/t23-,24+,26-,29-/m1/s1. The molecule has 2 N–H and O–H groups in total. The number of hydrogen-bond donors (Lipinski definition) is 2. The second-order valence-corrected chi connectivity index (χ2v) is 13.1. The zero-order chi connectivity index (χ0) is 31.9. The average molecular weight is 714 g/mol. The lowest BCUT2D eigenvalue weighted by atomic mass is 9.57. The number of ether oxygens (including phenoxy) is 1. The molecular weight excluding hydrogens is 678 g/mol. The molecule has 1 aliphatic carbocycles. The van der Waals surface area contributed by atoms with Gasteiger partial charge in [-0.15, -0.1) is 0 Å². The number of methoxy groups -OCH3 is 1. The van der Waals surface area contributed by atoms with Crippen LogP contribution in [0.3, 0.4) is 0 Å². The normalized spacial score (nSPS) is 23.8. The van der Waals surface area contributed by atoms with Crippen molar-refractivity contribution >= 4 is 59.0 Å². The first-order valence-corrected chi connectivity index (χ1v) is 16.0. The van der Waals surface area contributed by atoms with Crippen molar-refractivity contribution in [2.24, 2.45) is 23.7 Å². The lowest BCUT2D eigenvalue weighted by molar-refractivity contribution is -0.384. The van der Waals surface area contributed by atoms with Gasteiger partial charge in [-0.2, -0.15) is 0 Å². The molecule has 2 aliphatic heterocycles. The summed E-state index contributed by atoms with van der Waals surface area (Å²) in [4.78, 5) is 39.6. The second kappa shape index (κ2) is 13.0. The summed E-state index contributed by atoms with van der Waals surface area (Å²) in [5.41, 5.74) is 4.14. The van der Waals surface area contributed by atoms with Crippen LogP contribution in [0.1, 0.15) is 52.0 Å². The molecule has 0 bridgehead atoms. The number of rotatable bonds is 9. The molecule has 44 heavy (non-hydrogen) atoms. The molecule has 2 aromatic carbocycles. The Balaban J connectivity index is 1.45. The molecule has 2 fully saturated rings. The number of phenols is 1. The Bertz CT molecular complexity index is 1560. The summed E-state index contributed by atoms with van der Waals surface area (Å²) in [6.45, 7) is 6.21. The predicted octanol–water partition coefficient (Wildman–Crippen LogP) is 6.14. The maximum Gasteiger partial charge on any atom is 0.455 e. The van der Waals surface area contributed by atoms with E-state index < -0.39 is 30.0 Å². The van der Waals surface area contributed by atoms with Gasteiger partial charge in [0.05, 0.1) is 39.2 Å². The molecule has 12 heteroatoms. The summed E-state index contributed by atoms with van der Waals surface area (Å²) < 4.78 is 12.2. The molecule has 2 saturated heterocycles. The highest BCUT2D eigenvalue weighted by Crippen LogP contribution is 2.52. The maximum absolute atomic E-state index is 13.9. The number of anilines is 1. The number of non-ortho nitro benzene ring substituents is 1. The topological polar surface area (TPSA) is 139 Å². The van der Waals surface area contributed by atoms with Gasteiger partial charge in [0.1, 0.15) is 0 Å². The van der Waals surface area contributed by atoms with Crippen molar-refractivity contribution in [3.63, 3.8) is 0 Å². The summed E-state index contributed by atoms with van der Waals surface area (Å²) in [6, 6.07) is 9.29. The number of hydrogen-bond acceptors (Lipinski definition) is 8. The highest BCUT2D eigenvalue weighted by Gasteiger charge is 2.58. The van der Waals surface area contributed by atoms with Crippen LogP contribution in [0.2, 0.25) is 6.32 Å². The van der Waals surface area contributed by atoms with Gasteiger partial charge in [0, 0.05) is 12.1 Å². The number of amides is 2. The van der Waals surface area contributed by atoms with Gasteiger partial charge >= 0.3 is 7.12 Å². The lowest BCUT2D eigenvalue weighted by Gasteiger charge is -2.44. The Morgan fingerprint density at radius 3 is 2.66 bits per heavy atom. The Morgan fingerprint density at radius 2 is 2.00 bits per heavy atom. The van der Waals surface area contributed by atoms with E-state index in [0.717, 1.165) is 33.6 Å². The first kappa shape index (κ1) is 32.2. The summed E-state index contributed by atoms with van der Waals surface area (Å²) in [7, 11) is 0.426. The number of fused-ring (bicyclic) bond motifs is 3. The fourth-order valence-electron chi connectivity index (χ4n) is 6.99. The number of allylic oxidation sites excluding steroid dienone is 2. The Kier molecular flexibility index (Phi) is 9.52. The number of imide groups is 1. The van der Waals surface area contributed by atoms with Crippen molar-refractivity contribution in [2.45, 2.75) is 58.9 Å². The molecule has 232 valence electrons. The number of phenolic OH excluding ortho intramolecular Hbond substituents is 1. The van der Waals surface area contributed by atoms with Crippen LogP contribution in [0.15, 0.2) is 53.1 Å². The van der Waals surface area contributed by atoms with Crippen LogP contribution in [0, 0.1) is 37.4 Å². The van der Waals surface area contributed by atoms with Crippen LogP contribution in [0.4, 0.5) is 11.4 Å². The summed E-state index contributed by atoms with van der Waals surface area (Å²) in [5.74, 6) is -1.79. The molecule has 2 aromatic rings. The van der Waals surface area contributed by atoms with Gasteiger partial charge in [0.25, 0.3) is 5.69 Å². The maximum atomic E-state index is 13.9. The van der Waals surface area contributed by atoms with Crippen LogP contribution >= 0.6 is 22.6 Å². The van der Waals surface area contributed by atoms with E-state index in [1.165, 1.54) is 25.3 Å². The Hall–Kier alpha value is -3.23. The predicted molar refractivity (Wildman–Crippen MR) is 175 cm³/mol. The minimum Gasteiger partial charge on any atom is -0.504 e. The first-order chi connectivity index (χ1) is 20.9. The van der Waals surface area contributed by atoms with Crippen LogP contribution < -0.4 is 9.64 Å². The van der Waals surface area contributed by atoms with Crippen molar-refractivity contribution in [3.05, 3.63) is 72.4 Å². The molecule has 2 heterocycles. The number of carbonyl (C=O) groups excluding carboxylic acids is 2. The number of benzene rings is 2. The third-order valence-electron chi connectivity index (χ3n) is 9.06. The molecule has 0 radical (unpaired) electrons. The van der Waals surface area contributed by atoms with Gasteiger partial charge in [-0.05, 0) is 95.8 Å². The van der Waals surface area contributed by atoms with E-state index in [1.54, 1.807) is 12.1 Å². The van der Waals surface area contributed by atoms with Crippen LogP contribution in [-0.2, 0) is 14.2 Å². The first-order valence-electron chi connectivity index (χ1n) is 14.9. The third kappa shape index (κ3) is 6.03. The van der Waals surface area contributed by atoms with E-state index in [4.69, 9.17) is 9.39 Å². The van der Waals surface area contributed by atoms with Crippen LogP contribution in [0.5, 0.6) is 11.5 Å². The molecule has 5 rings (SSSR count). The largest absolute Gasteiger partial charge is 0.504 e. The van der Waals surface area contributed by atoms with E-state index >= 15 is 0 Å². The average Bonchev–Trinajstić information content (AvgIpc) is 3.25. The lowest BCUT2D eigenvalue weighted by Crippen LogP contribution is -2.46. The van der Waals surface area contributed by atoms with Crippen molar-refractivity contribution in [3.8, 4) is 11.5 Å². The highest BCUT2D eigenvalue weighted by atomic mass is 127. The van der Waals surface area contributed by atoms with E-state index in [9.17, 15) is 29.8 Å². The van der Waals surface area contributed by atoms with Gasteiger partial charge < -0.3 is 19.5 Å². The number of nitrogens with zero attached hydrogens (tertiary/aromatic N) is 2. The molecule has 0 saturated carbocycles. The van der Waals surface area contributed by atoms with Gasteiger partial charge in [0.15, 0.2) is 11.5 Å². The van der Waals surface area contributed by atoms with E-state index in [1.807, 2.05) is 6.07 Å². The summed E-state index contributed by atoms with van der Waals surface area (Å²) in [6.07, 6.45) is 4.29. The monoisotopic (exact) mass is 714 g/mol. The van der Waals surface area contributed by atoms with Gasteiger partial charge in [-0.25, -0.2) is 4.90 Å². The zero-order valence-corrected chi connectivity index (χ0v) is 27.3. The fourth-order valence-corrected chi connectivity index (χ4v) is 7.61. The quantitative estimate of drug-likeness (QED) is 0.0789. The molecule has 0 aromatic heterocycles. The van der Waals surface area contributed by atoms with Gasteiger partial charge in [0.2, 0.25) is 11.8 Å². The Labute approximate surface area is 270 Å². The molecule has 2 amide bonds. The second-order valence-electron chi connectivity index (χ2n) is 11.9. The minimum absolute atomic E-state index is 0.0947. The Morgan fingerprint density at radius 1 is 1.25 bits per heavy atom. The number of aromatic hydroxyl groups is 1. The van der Waals surface area contributed by atoms with E-state index in [2.05, 4.69) is 49.4 Å². The van der Waals surface area contributed by atoms with E-state index in [-0.39, 0.29) is 47.1 Å². The number of nitro benzene ring substituents is 1. The fraction of sp³-hybridized carbons (Fsp3) is 0.438. The zero-order valence-electron chi connectivity index (χ0n) is 25.2. The number of halogens is 1. The van der Waals surface area contributed by atoms with Crippen LogP contribution in [-0.4, -0.2) is 47.2 Å². The SMILES string of the molecule is CC/C(=C\c1cc(I)c(O)c(OC)c1)CC[C@H]1OB(O)C[C@H]2C1=C(C(C)C)C[C@H]1C(=O)N(c3cccc([N+](=O)[O-])c3)C(=O)[C@H]12. The number of nitro groups is 1. The van der Waals surface area contributed by atoms with Crippen LogP contribution in [0.25, 0.3) is 6.08 Å². The van der Waals surface area contributed by atoms with Crippen molar-refractivity contribution in [1.29, 1.82) is 0 Å². The van der Waals surface area contributed by atoms with Gasteiger partial charge in [-0.3, -0.25) is 19.7 Å². The molecule has 4 atom stereocenters. The van der Waals surface area contributed by atoms with Crippen molar-refractivity contribution < 1.29 is 34.0 Å². The number of carbonyl (C=O) groups is 2. The van der Waals surface area contributed by atoms with Crippen molar-refractivity contribution in [1.82, 2.24) is 0 Å². The molecule has 10 nitrogen and oxygen atoms in total. The molecule has 3 aliphatic rings. The smallest absolute Gasteiger partial charge is 0.455 e. The van der Waals surface area contributed by atoms with Gasteiger partial charge in [-0.1, -0.05) is 44.1 Å². The molecule has 0 unspecified atom stereocenters. The summed E-state index contributed by atoms with van der Waals surface area (Å²) in [5, 5.41) is 32.5. The van der Waals surface area contributed by atoms with E-state index in [0.29, 0.717) is 28.6 Å². The minimum atomic E-state index is -1.09. The summed E-state index contributed by atoms with van der Waals surface area (Å²) >= 11 is 2.07.